The number of hydrogen-bond acceptors (Lipinski definition) is 6. The standard InChI is InChI=1S/C23H24ClFN2O5/c1-15-11-18(24)4-6-21(15)31-14-23(30)32-13-22(29)27-9-7-26(8-10-27)20-5-3-17(16(2)28)12-19(20)25/h3-6,11-12H,7-10,13-14H2,1-2H3. The number of benzene rings is 2. The van der Waals surface area contributed by atoms with Gasteiger partial charge in [0, 0.05) is 36.8 Å². The molecular formula is C23H24ClFN2O5. The molecule has 170 valence electrons. The first-order chi connectivity index (χ1) is 15.2. The van der Waals surface area contributed by atoms with E-state index in [4.69, 9.17) is 21.1 Å². The third-order valence-corrected chi connectivity index (χ3v) is 5.40. The van der Waals surface area contributed by atoms with Crippen LogP contribution in [0.25, 0.3) is 0 Å². The van der Waals surface area contributed by atoms with Crippen molar-refractivity contribution in [2.75, 3.05) is 44.3 Å². The van der Waals surface area contributed by atoms with E-state index in [1.807, 2.05) is 4.90 Å². The topological polar surface area (TPSA) is 76.2 Å². The lowest BCUT2D eigenvalue weighted by atomic mass is 10.1. The number of esters is 1. The Bertz CT molecular complexity index is 1020. The van der Waals surface area contributed by atoms with Crippen molar-refractivity contribution in [3.63, 3.8) is 0 Å². The molecule has 2 aromatic rings. The molecule has 1 amide bonds. The van der Waals surface area contributed by atoms with Gasteiger partial charge in [0.1, 0.15) is 11.6 Å². The third kappa shape index (κ3) is 5.97. The van der Waals surface area contributed by atoms with Crippen molar-refractivity contribution in [2.24, 2.45) is 0 Å². The van der Waals surface area contributed by atoms with E-state index in [1.54, 1.807) is 42.2 Å². The fourth-order valence-electron chi connectivity index (χ4n) is 3.37. The zero-order valence-corrected chi connectivity index (χ0v) is 18.7. The first kappa shape index (κ1) is 23.5. The van der Waals surface area contributed by atoms with Crippen LogP contribution < -0.4 is 9.64 Å². The van der Waals surface area contributed by atoms with Crippen LogP contribution in [-0.4, -0.2) is 62.0 Å². The molecule has 0 atom stereocenters. The highest BCUT2D eigenvalue weighted by Gasteiger charge is 2.24. The number of halogens is 2. The van der Waals surface area contributed by atoms with Gasteiger partial charge in [-0.15, -0.1) is 0 Å². The van der Waals surface area contributed by atoms with Crippen molar-refractivity contribution >= 4 is 34.9 Å². The summed E-state index contributed by atoms with van der Waals surface area (Å²) < 4.78 is 24.8. The number of carbonyl (C=O) groups is 3. The molecule has 9 heteroatoms. The van der Waals surface area contributed by atoms with Gasteiger partial charge in [-0.05, 0) is 55.8 Å². The van der Waals surface area contributed by atoms with Gasteiger partial charge in [-0.25, -0.2) is 9.18 Å². The molecule has 1 fully saturated rings. The van der Waals surface area contributed by atoms with E-state index in [2.05, 4.69) is 0 Å². The molecule has 1 aliphatic rings. The second kappa shape index (κ2) is 10.5. The van der Waals surface area contributed by atoms with Crippen LogP contribution in [0.2, 0.25) is 5.02 Å². The number of ether oxygens (including phenoxy) is 2. The quantitative estimate of drug-likeness (QED) is 0.464. The Balaban J connectivity index is 1.43. The summed E-state index contributed by atoms with van der Waals surface area (Å²) in [5, 5.41) is 0.568. The van der Waals surface area contributed by atoms with Crippen LogP contribution in [0, 0.1) is 12.7 Å². The molecule has 1 saturated heterocycles. The molecule has 0 radical (unpaired) electrons. The normalized spacial score (nSPS) is 13.6. The molecular weight excluding hydrogens is 439 g/mol. The number of nitrogens with zero attached hydrogens (tertiary/aromatic N) is 2. The van der Waals surface area contributed by atoms with Gasteiger partial charge < -0.3 is 19.3 Å². The predicted octanol–water partition coefficient (Wildman–Crippen LogP) is 3.26. The van der Waals surface area contributed by atoms with Crippen LogP contribution in [0.1, 0.15) is 22.8 Å². The maximum Gasteiger partial charge on any atom is 0.344 e. The van der Waals surface area contributed by atoms with Gasteiger partial charge in [-0.1, -0.05) is 11.6 Å². The second-order valence-electron chi connectivity index (χ2n) is 7.45. The monoisotopic (exact) mass is 462 g/mol. The number of amides is 1. The van der Waals surface area contributed by atoms with Crippen LogP contribution in [0.4, 0.5) is 10.1 Å². The van der Waals surface area contributed by atoms with Crippen LogP contribution in [-0.2, 0) is 14.3 Å². The first-order valence-electron chi connectivity index (χ1n) is 10.1. The highest BCUT2D eigenvalue weighted by molar-refractivity contribution is 6.30. The van der Waals surface area contributed by atoms with Crippen molar-refractivity contribution in [1.82, 2.24) is 4.90 Å². The summed E-state index contributed by atoms with van der Waals surface area (Å²) in [5.74, 6) is -1.14. The van der Waals surface area contributed by atoms with Gasteiger partial charge in [0.15, 0.2) is 19.0 Å². The Labute approximate surface area is 190 Å². The molecule has 0 unspecified atom stereocenters. The maximum absolute atomic E-state index is 14.3. The number of hydrogen-bond donors (Lipinski definition) is 0. The summed E-state index contributed by atoms with van der Waals surface area (Å²) >= 11 is 5.88. The lowest BCUT2D eigenvalue weighted by molar-refractivity contribution is -0.153. The molecule has 0 N–H and O–H groups in total. The summed E-state index contributed by atoms with van der Waals surface area (Å²) in [6.45, 7) is 4.07. The summed E-state index contributed by atoms with van der Waals surface area (Å²) in [5.41, 5.74) is 1.49. The molecule has 0 aromatic heterocycles. The Kier molecular flexibility index (Phi) is 7.69. The van der Waals surface area contributed by atoms with Crippen molar-refractivity contribution in [1.29, 1.82) is 0 Å². The van der Waals surface area contributed by atoms with Crippen LogP contribution >= 0.6 is 11.6 Å². The lowest BCUT2D eigenvalue weighted by Crippen LogP contribution is -2.50. The fourth-order valence-corrected chi connectivity index (χ4v) is 3.59. The summed E-state index contributed by atoms with van der Waals surface area (Å²) in [6.07, 6.45) is 0. The number of Topliss-reactive ketones (excluding diaryl/α,β-unsaturated/α-hetero) is 1. The maximum atomic E-state index is 14.3. The highest BCUT2D eigenvalue weighted by Crippen LogP contribution is 2.23. The first-order valence-corrected chi connectivity index (χ1v) is 10.5. The number of anilines is 1. The van der Waals surface area contributed by atoms with Crippen molar-refractivity contribution in [3.05, 3.63) is 58.4 Å². The predicted molar refractivity (Wildman–Crippen MR) is 118 cm³/mol. The van der Waals surface area contributed by atoms with E-state index in [1.165, 1.54) is 13.0 Å². The summed E-state index contributed by atoms with van der Waals surface area (Å²) in [4.78, 5) is 39.0. The minimum Gasteiger partial charge on any atom is -0.482 e. The molecule has 0 aliphatic carbocycles. The van der Waals surface area contributed by atoms with Gasteiger partial charge in [0.2, 0.25) is 0 Å². The van der Waals surface area contributed by atoms with Crippen molar-refractivity contribution < 1.29 is 28.2 Å². The molecule has 3 rings (SSSR count). The zero-order valence-electron chi connectivity index (χ0n) is 17.9. The molecule has 1 heterocycles. The van der Waals surface area contributed by atoms with Gasteiger partial charge in [-0.3, -0.25) is 9.59 Å². The Morgan fingerprint density at radius 2 is 1.75 bits per heavy atom. The Morgan fingerprint density at radius 1 is 1.03 bits per heavy atom. The molecule has 32 heavy (non-hydrogen) atoms. The second-order valence-corrected chi connectivity index (χ2v) is 7.89. The summed E-state index contributed by atoms with van der Waals surface area (Å²) in [7, 11) is 0. The Hall–Kier alpha value is -3.13. The number of piperazine rings is 1. The molecule has 0 spiro atoms. The van der Waals surface area contributed by atoms with E-state index in [0.717, 1.165) is 5.56 Å². The fraction of sp³-hybridized carbons (Fsp3) is 0.348. The van der Waals surface area contributed by atoms with Crippen molar-refractivity contribution in [2.45, 2.75) is 13.8 Å². The van der Waals surface area contributed by atoms with E-state index < -0.39 is 11.8 Å². The molecule has 1 aliphatic heterocycles. The molecule has 7 nitrogen and oxygen atoms in total. The largest absolute Gasteiger partial charge is 0.482 e. The van der Waals surface area contributed by atoms with E-state index in [9.17, 15) is 18.8 Å². The van der Waals surface area contributed by atoms with Gasteiger partial charge in [0.05, 0.1) is 5.69 Å². The number of carbonyl (C=O) groups excluding carboxylic acids is 3. The van der Waals surface area contributed by atoms with Gasteiger partial charge in [0.25, 0.3) is 5.91 Å². The third-order valence-electron chi connectivity index (χ3n) is 5.17. The number of rotatable bonds is 7. The zero-order chi connectivity index (χ0) is 23.3. The van der Waals surface area contributed by atoms with E-state index >= 15 is 0 Å². The summed E-state index contributed by atoms with van der Waals surface area (Å²) in [6, 6.07) is 9.42. The van der Waals surface area contributed by atoms with Crippen LogP contribution in [0.3, 0.4) is 0 Å². The average molecular weight is 463 g/mol. The minimum absolute atomic E-state index is 0.200. The van der Waals surface area contributed by atoms with Crippen LogP contribution in [0.5, 0.6) is 5.75 Å². The average Bonchev–Trinajstić information content (AvgIpc) is 2.77. The molecule has 0 bridgehead atoms. The van der Waals surface area contributed by atoms with Gasteiger partial charge in [-0.2, -0.15) is 0 Å². The SMILES string of the molecule is CC(=O)c1ccc(N2CCN(C(=O)COC(=O)COc3ccc(Cl)cc3C)CC2)c(F)c1. The van der Waals surface area contributed by atoms with E-state index in [-0.39, 0.29) is 24.9 Å². The molecule has 2 aromatic carbocycles. The van der Waals surface area contributed by atoms with Crippen LogP contribution in [0.15, 0.2) is 36.4 Å². The number of ketones is 1. The number of aryl methyl sites for hydroxylation is 1. The van der Waals surface area contributed by atoms with Crippen molar-refractivity contribution in [3.8, 4) is 5.75 Å². The smallest absolute Gasteiger partial charge is 0.344 e. The molecule has 0 saturated carbocycles. The van der Waals surface area contributed by atoms with E-state index in [0.29, 0.717) is 48.2 Å². The minimum atomic E-state index is -0.654. The Morgan fingerprint density at radius 3 is 2.38 bits per heavy atom. The van der Waals surface area contributed by atoms with Gasteiger partial charge >= 0.3 is 5.97 Å². The highest BCUT2D eigenvalue weighted by atomic mass is 35.5. The lowest BCUT2D eigenvalue weighted by Gasteiger charge is -2.36.